The van der Waals surface area contributed by atoms with Gasteiger partial charge in [-0.25, -0.2) is 0 Å². The molecule has 10 aliphatic heterocycles. The molecule has 32 unspecified atom stereocenters. The smallest absolute Gasteiger partial charge is 0.415 e. The van der Waals surface area contributed by atoms with Crippen molar-refractivity contribution >= 4 is 70.9 Å². The lowest BCUT2D eigenvalue weighted by Crippen LogP contribution is -2.75. The predicted octanol–water partition coefficient (Wildman–Crippen LogP) is 8.01. The second kappa shape index (κ2) is 23.2. The number of fused-ring (bicyclic) bond motifs is 10. The molecule has 0 aromatic heterocycles. The fraction of sp³-hybridized carbons (Fsp3) is 0.967. The first-order valence-corrected chi connectivity index (χ1v) is 51.9. The van der Waals surface area contributed by atoms with Crippen molar-refractivity contribution in [1.82, 2.24) is 0 Å². The molecular weight excluding hydrogens is 1270 g/mol. The summed E-state index contributed by atoms with van der Waals surface area (Å²) in [5, 5.41) is 0. The molecule has 8 aliphatic carbocycles. The molecule has 0 aromatic carbocycles. The zero-order chi connectivity index (χ0) is 59.1. The van der Waals surface area contributed by atoms with Gasteiger partial charge in [0.1, 0.15) is 11.8 Å². The number of rotatable bonds is 20. The van der Waals surface area contributed by atoms with Crippen molar-refractivity contribution in [2.75, 3.05) is 14.2 Å². The molecular formula is C60H100O20Si8. The molecule has 0 spiro atoms. The van der Waals surface area contributed by atoms with Gasteiger partial charge in [-0.3, -0.25) is 0 Å². The van der Waals surface area contributed by atoms with Gasteiger partial charge in [-0.2, -0.15) is 0 Å². The van der Waals surface area contributed by atoms with Gasteiger partial charge in [0.15, 0.2) is 0 Å². The number of epoxide rings is 8. The topological polar surface area (TPSA) is 222 Å². The minimum Gasteiger partial charge on any atom is -0.415 e. The summed E-state index contributed by atoms with van der Waals surface area (Å²) in [6.07, 6.45) is 27.9. The van der Waals surface area contributed by atoms with Gasteiger partial charge in [-0.05, 0) is 219 Å². The van der Waals surface area contributed by atoms with Crippen LogP contribution in [-0.4, -0.2) is 193 Å². The van der Waals surface area contributed by atoms with E-state index in [1.54, 1.807) is 14.2 Å². The second-order valence-electron chi connectivity index (χ2n) is 31.8. The van der Waals surface area contributed by atoms with Gasteiger partial charge in [0, 0.05) is 38.9 Å². The van der Waals surface area contributed by atoms with Crippen LogP contribution in [0.15, 0.2) is 11.6 Å². The van der Waals surface area contributed by atoms with Crippen molar-refractivity contribution in [2.24, 2.45) is 47.3 Å². The molecule has 1 N–H and O–H groups in total. The molecule has 17 fully saturated rings. The lowest BCUT2D eigenvalue weighted by Gasteiger charge is -2.53. The Hall–Kier alpha value is 0.675. The maximum absolute atomic E-state index is 13.3. The molecule has 2 bridgehead atoms. The zero-order valence-electron chi connectivity index (χ0n) is 52.7. The molecule has 7 saturated carbocycles. The first-order valence-electron chi connectivity index (χ1n) is 35.5. The van der Waals surface area contributed by atoms with Gasteiger partial charge in [0.2, 0.25) is 0 Å². The summed E-state index contributed by atoms with van der Waals surface area (Å²) >= 11 is 0. The highest BCUT2D eigenvalue weighted by atomic mass is 28.6. The molecule has 0 radical (unpaired) electrons. The maximum Gasteiger partial charge on any atom is 0.489 e. The molecule has 10 heterocycles. The van der Waals surface area contributed by atoms with Crippen LogP contribution in [0.5, 0.6) is 0 Å². The molecule has 20 nitrogen and oxygen atoms in total. The van der Waals surface area contributed by atoms with E-state index in [9.17, 15) is 4.80 Å². The Morgan fingerprint density at radius 2 is 1.08 bits per heavy atom. The molecule has 28 heteroatoms. The van der Waals surface area contributed by atoms with Gasteiger partial charge in [0.25, 0.3) is 0 Å². The summed E-state index contributed by atoms with van der Waals surface area (Å²) < 4.78 is 140. The van der Waals surface area contributed by atoms with E-state index < -0.39 is 76.6 Å². The van der Waals surface area contributed by atoms with Gasteiger partial charge in [-0.15, -0.1) is 0 Å². The van der Waals surface area contributed by atoms with Gasteiger partial charge in [-0.1, -0.05) is 12.5 Å². The lowest BCUT2D eigenvalue weighted by atomic mass is 9.68. The molecule has 492 valence electrons. The molecule has 18 rings (SSSR count). The van der Waals surface area contributed by atoms with Crippen LogP contribution in [0.1, 0.15) is 141 Å². The van der Waals surface area contributed by atoms with Crippen LogP contribution in [0.4, 0.5) is 0 Å². The Morgan fingerprint density at radius 1 is 0.511 bits per heavy atom. The highest BCUT2D eigenvalue weighted by molar-refractivity contribution is 6.93. The Labute approximate surface area is 530 Å². The Kier molecular flexibility index (Phi) is 16.1. The number of hydrogen-bond donors (Lipinski definition) is 1. The maximum atomic E-state index is 13.3. The molecule has 10 saturated heterocycles. The van der Waals surface area contributed by atoms with Crippen LogP contribution in [0.2, 0.25) is 55.9 Å². The third-order valence-electron chi connectivity index (χ3n) is 25.1. The van der Waals surface area contributed by atoms with Crippen LogP contribution >= 0.6 is 0 Å². The van der Waals surface area contributed by atoms with Crippen molar-refractivity contribution < 1.29 is 88.9 Å². The van der Waals surface area contributed by atoms with E-state index in [4.69, 9.17) is 84.1 Å². The van der Waals surface area contributed by atoms with Gasteiger partial charge in [0.05, 0.1) is 91.6 Å². The van der Waals surface area contributed by atoms with Crippen molar-refractivity contribution in [2.45, 2.75) is 301 Å². The minimum atomic E-state index is -4.50. The third-order valence-corrected chi connectivity index (χ3v) is 56.9. The van der Waals surface area contributed by atoms with Crippen LogP contribution in [0.25, 0.3) is 0 Å². The molecule has 0 amide bonds. The standard InChI is InChI=1S/C60H100O20Si8/c1-62-85(5,63-2)78-88(34-41-27-57-58(70-57)28-43(41)42-7-6-8-50-59(42)71-50)79-86(32-38-12-18-47-54(24-38)67-47,73-81(61)29-35-9-15-44-51(21-35)64-44)74-82-60(40-14-20-49-56(26-40)69-49)72-83(3,30-36-10-16-45-52(22-36)65-45)76-84(4,31-37-11-17-46-53(23-37)66-46)77-87(75-82,80-88)33-39-13-19-48-55(25-39)68-48/h26,35-39,41-61,81-82H,6-25,27-34H2,1-5H3. The molecule has 0 aromatic rings. The molecule has 88 heavy (non-hydrogen) atoms. The van der Waals surface area contributed by atoms with E-state index >= 15 is 0 Å². The van der Waals surface area contributed by atoms with Crippen molar-refractivity contribution in [3.63, 3.8) is 0 Å². The Bertz CT molecular complexity index is 2650. The van der Waals surface area contributed by atoms with Crippen LogP contribution in [0, 0.1) is 47.3 Å². The van der Waals surface area contributed by atoms with Crippen molar-refractivity contribution in [3.8, 4) is 0 Å². The predicted molar refractivity (Wildman–Crippen MR) is 332 cm³/mol. The van der Waals surface area contributed by atoms with Gasteiger partial charge < -0.3 is 88.9 Å². The van der Waals surface area contributed by atoms with Crippen molar-refractivity contribution in [1.29, 1.82) is 0 Å². The average molecular weight is 1370 g/mol. The Balaban J connectivity index is 0.823. The van der Waals surface area contributed by atoms with Crippen LogP contribution in [0.3, 0.4) is 0 Å². The lowest BCUT2D eigenvalue weighted by molar-refractivity contribution is 0.0568. The van der Waals surface area contributed by atoms with E-state index in [1.807, 2.05) is 6.55 Å². The Morgan fingerprint density at radius 3 is 1.70 bits per heavy atom. The largest absolute Gasteiger partial charge is 0.489 e. The number of ether oxygens (including phenoxy) is 8. The minimum absolute atomic E-state index is 0.00227. The van der Waals surface area contributed by atoms with Crippen LogP contribution < -0.4 is 0 Å². The fourth-order valence-corrected chi connectivity index (χ4v) is 60.0. The second-order valence-corrected chi connectivity index (χ2v) is 54.9. The fourth-order valence-electron chi connectivity index (χ4n) is 20.2. The first kappa shape index (κ1) is 61.0. The zero-order valence-corrected chi connectivity index (χ0v) is 61.0. The summed E-state index contributed by atoms with van der Waals surface area (Å²) in [6, 6.07) is 3.56. The monoisotopic (exact) mass is 1360 g/mol. The third kappa shape index (κ3) is 12.9. The summed E-state index contributed by atoms with van der Waals surface area (Å²) in [5.74, 6) is 1.93. The summed E-state index contributed by atoms with van der Waals surface area (Å²) in [4.78, 5) is 13.3. The van der Waals surface area contributed by atoms with Gasteiger partial charge >= 0.3 is 70.9 Å². The first-order chi connectivity index (χ1) is 42.5. The van der Waals surface area contributed by atoms with E-state index in [2.05, 4.69) is 19.2 Å². The number of hydrogen-bond acceptors (Lipinski definition) is 20. The normalized spacial score (nSPS) is 56.2. The summed E-state index contributed by atoms with van der Waals surface area (Å²) in [7, 11) is -26.9. The van der Waals surface area contributed by atoms with E-state index in [-0.39, 0.29) is 90.6 Å². The SMILES string of the molecule is CO[Si](C)(OC)O[Si]1(CC2CC3OC3CC2C2CCCC3OC32)O[Si](CC2CCC3OC3C2)(O[SiH](O)CC2CCC3OC3C2)O[SiH]2O[Si](CC3CCC4OC4C3)(O[Si](C)(CC3CCC4OC4C3)O[Si](C)(CC3CCC4OC4C3)OC2C2=CC3OC3CC2)O1. The molecule has 18 aliphatic rings. The van der Waals surface area contributed by atoms with E-state index in [1.165, 1.54) is 0 Å². The average Bonchev–Trinajstić information content (AvgIpc) is 1.66. The van der Waals surface area contributed by atoms with E-state index in [0.717, 1.165) is 159 Å². The van der Waals surface area contributed by atoms with Crippen molar-refractivity contribution in [3.05, 3.63) is 11.6 Å². The van der Waals surface area contributed by atoms with Crippen LogP contribution in [-0.2, 0) is 84.1 Å². The van der Waals surface area contributed by atoms with E-state index in [0.29, 0.717) is 78.6 Å². The summed E-state index contributed by atoms with van der Waals surface area (Å²) in [6.45, 7) is 6.68. The quantitative estimate of drug-likeness (QED) is 0.0692. The summed E-state index contributed by atoms with van der Waals surface area (Å²) in [5.41, 5.74) is 0.546. The molecule has 32 atom stereocenters. The highest BCUT2D eigenvalue weighted by Crippen LogP contribution is 2.58. The highest BCUT2D eigenvalue weighted by Gasteiger charge is 2.72.